The van der Waals surface area contributed by atoms with Gasteiger partial charge < -0.3 is 10.4 Å². The summed E-state index contributed by atoms with van der Waals surface area (Å²) in [6, 6.07) is 0.463. The van der Waals surface area contributed by atoms with Gasteiger partial charge >= 0.3 is 0 Å². The van der Waals surface area contributed by atoms with Gasteiger partial charge in [-0.1, -0.05) is 40.0 Å². The number of rotatable bonds is 10. The van der Waals surface area contributed by atoms with Crippen molar-refractivity contribution in [1.82, 2.24) is 5.32 Å². The number of thioether (sulfide) groups is 1. The topological polar surface area (TPSA) is 32.3 Å². The summed E-state index contributed by atoms with van der Waals surface area (Å²) < 4.78 is 0. The number of hydrogen-bond donors (Lipinski definition) is 2. The first-order valence-corrected chi connectivity index (χ1v) is 9.26. The van der Waals surface area contributed by atoms with E-state index in [1.165, 1.54) is 50.0 Å². The third kappa shape index (κ3) is 5.65. The van der Waals surface area contributed by atoms with E-state index in [0.29, 0.717) is 18.6 Å². The standard InChI is InChI=1S/C16H33NOS/c1-4-5-6-11-19-12-9-15-8-7-10-16(15,13-18)17-14(2)3/h14-15,17-18H,4-13H2,1-3H3. The molecule has 0 heterocycles. The molecule has 0 amide bonds. The Balaban J connectivity index is 2.30. The van der Waals surface area contributed by atoms with Gasteiger partial charge in [-0.2, -0.15) is 11.8 Å². The van der Waals surface area contributed by atoms with Crippen molar-refractivity contribution in [3.8, 4) is 0 Å². The Labute approximate surface area is 124 Å². The summed E-state index contributed by atoms with van der Waals surface area (Å²) in [5, 5.41) is 13.5. The van der Waals surface area contributed by atoms with E-state index in [1.54, 1.807) is 0 Å². The monoisotopic (exact) mass is 287 g/mol. The number of hydrogen-bond acceptors (Lipinski definition) is 3. The minimum absolute atomic E-state index is 0.0120. The maximum Gasteiger partial charge on any atom is 0.0616 e. The molecule has 2 N–H and O–H groups in total. The summed E-state index contributed by atoms with van der Waals surface area (Å²) in [5.41, 5.74) is 0.0120. The molecule has 114 valence electrons. The molecule has 0 aromatic rings. The quantitative estimate of drug-likeness (QED) is 0.599. The molecule has 2 unspecified atom stereocenters. The highest BCUT2D eigenvalue weighted by atomic mass is 32.2. The molecule has 1 aliphatic rings. The lowest BCUT2D eigenvalue weighted by molar-refractivity contribution is 0.113. The fourth-order valence-electron chi connectivity index (χ4n) is 3.37. The predicted octanol–water partition coefficient (Wildman–Crippen LogP) is 3.83. The van der Waals surface area contributed by atoms with Crippen molar-refractivity contribution in [2.75, 3.05) is 18.1 Å². The summed E-state index contributed by atoms with van der Waals surface area (Å²) in [5.74, 6) is 3.23. The highest BCUT2D eigenvalue weighted by Gasteiger charge is 2.41. The Bertz CT molecular complexity index is 235. The maximum atomic E-state index is 9.84. The van der Waals surface area contributed by atoms with Crippen LogP contribution in [0.25, 0.3) is 0 Å². The van der Waals surface area contributed by atoms with Crippen LogP contribution in [-0.2, 0) is 0 Å². The van der Waals surface area contributed by atoms with E-state index in [4.69, 9.17) is 0 Å². The zero-order chi connectivity index (χ0) is 14.1. The molecule has 19 heavy (non-hydrogen) atoms. The van der Waals surface area contributed by atoms with Crippen LogP contribution in [0.15, 0.2) is 0 Å². The van der Waals surface area contributed by atoms with Gasteiger partial charge in [0.15, 0.2) is 0 Å². The molecule has 1 saturated carbocycles. The van der Waals surface area contributed by atoms with Gasteiger partial charge in [0.1, 0.15) is 0 Å². The highest BCUT2D eigenvalue weighted by molar-refractivity contribution is 7.99. The molecule has 0 aromatic carbocycles. The molecule has 0 radical (unpaired) electrons. The van der Waals surface area contributed by atoms with Crippen LogP contribution in [0.2, 0.25) is 0 Å². The smallest absolute Gasteiger partial charge is 0.0616 e. The second-order valence-corrected chi connectivity index (χ2v) is 7.54. The summed E-state index contributed by atoms with van der Waals surface area (Å²) in [6.07, 6.45) is 9.01. The van der Waals surface area contributed by atoms with Crippen LogP contribution >= 0.6 is 11.8 Å². The normalized spacial score (nSPS) is 27.3. The van der Waals surface area contributed by atoms with E-state index in [9.17, 15) is 5.11 Å². The van der Waals surface area contributed by atoms with Gasteiger partial charge in [-0.05, 0) is 43.1 Å². The zero-order valence-corrected chi connectivity index (χ0v) is 13.9. The van der Waals surface area contributed by atoms with Gasteiger partial charge in [-0.3, -0.25) is 0 Å². The fourth-order valence-corrected chi connectivity index (χ4v) is 4.43. The van der Waals surface area contributed by atoms with Crippen molar-refractivity contribution in [2.45, 2.75) is 77.3 Å². The Kier molecular flexibility index (Phi) is 8.43. The van der Waals surface area contributed by atoms with E-state index in [0.717, 1.165) is 6.42 Å². The Hall–Kier alpha value is 0.270. The first-order chi connectivity index (χ1) is 9.14. The number of aliphatic hydroxyl groups is 1. The van der Waals surface area contributed by atoms with E-state index in [1.807, 2.05) is 0 Å². The SMILES string of the molecule is CCCCCSCCC1CCCC1(CO)NC(C)C. The molecule has 0 aliphatic heterocycles. The lowest BCUT2D eigenvalue weighted by atomic mass is 9.85. The molecule has 3 heteroatoms. The van der Waals surface area contributed by atoms with Crippen LogP contribution < -0.4 is 5.32 Å². The van der Waals surface area contributed by atoms with Gasteiger partial charge in [0, 0.05) is 11.6 Å². The Morgan fingerprint density at radius 3 is 2.74 bits per heavy atom. The molecule has 2 nitrogen and oxygen atoms in total. The van der Waals surface area contributed by atoms with Crippen molar-refractivity contribution in [2.24, 2.45) is 5.92 Å². The summed E-state index contributed by atoms with van der Waals surface area (Å²) in [6.45, 7) is 6.94. The summed E-state index contributed by atoms with van der Waals surface area (Å²) in [4.78, 5) is 0. The lowest BCUT2D eigenvalue weighted by Crippen LogP contribution is -2.54. The van der Waals surface area contributed by atoms with E-state index in [2.05, 4.69) is 37.8 Å². The molecular formula is C16H33NOS. The molecule has 0 bridgehead atoms. The zero-order valence-electron chi connectivity index (χ0n) is 13.1. The Morgan fingerprint density at radius 1 is 1.32 bits per heavy atom. The highest BCUT2D eigenvalue weighted by Crippen LogP contribution is 2.38. The molecule has 1 rings (SSSR count). The van der Waals surface area contributed by atoms with Crippen LogP contribution in [0.4, 0.5) is 0 Å². The predicted molar refractivity (Wildman–Crippen MR) is 86.9 cm³/mol. The first-order valence-electron chi connectivity index (χ1n) is 8.11. The van der Waals surface area contributed by atoms with Crippen molar-refractivity contribution in [3.05, 3.63) is 0 Å². The van der Waals surface area contributed by atoms with Crippen LogP contribution in [0.1, 0.15) is 65.7 Å². The minimum Gasteiger partial charge on any atom is -0.394 e. The van der Waals surface area contributed by atoms with Crippen molar-refractivity contribution in [3.63, 3.8) is 0 Å². The van der Waals surface area contributed by atoms with Crippen LogP contribution in [0.5, 0.6) is 0 Å². The Morgan fingerprint density at radius 2 is 2.11 bits per heavy atom. The number of unbranched alkanes of at least 4 members (excludes halogenated alkanes) is 2. The van der Waals surface area contributed by atoms with Crippen molar-refractivity contribution < 1.29 is 5.11 Å². The van der Waals surface area contributed by atoms with Gasteiger partial charge in [0.25, 0.3) is 0 Å². The van der Waals surface area contributed by atoms with Crippen LogP contribution in [0.3, 0.4) is 0 Å². The first kappa shape index (κ1) is 17.3. The fraction of sp³-hybridized carbons (Fsp3) is 1.00. The van der Waals surface area contributed by atoms with Crippen molar-refractivity contribution >= 4 is 11.8 Å². The van der Waals surface area contributed by atoms with Gasteiger partial charge in [-0.15, -0.1) is 0 Å². The molecular weight excluding hydrogens is 254 g/mol. The lowest BCUT2D eigenvalue weighted by Gasteiger charge is -2.37. The van der Waals surface area contributed by atoms with E-state index >= 15 is 0 Å². The average Bonchev–Trinajstić information content (AvgIpc) is 2.76. The molecule has 0 aromatic heterocycles. The van der Waals surface area contributed by atoms with Crippen molar-refractivity contribution in [1.29, 1.82) is 0 Å². The molecule has 2 atom stereocenters. The summed E-state index contributed by atoms with van der Waals surface area (Å²) >= 11 is 2.10. The third-order valence-corrected chi connectivity index (χ3v) is 5.42. The van der Waals surface area contributed by atoms with Gasteiger partial charge in [0.05, 0.1) is 6.61 Å². The largest absolute Gasteiger partial charge is 0.394 e. The minimum atomic E-state index is 0.0120. The number of aliphatic hydroxyl groups excluding tert-OH is 1. The molecule has 0 saturated heterocycles. The van der Waals surface area contributed by atoms with Gasteiger partial charge in [0.2, 0.25) is 0 Å². The van der Waals surface area contributed by atoms with Crippen LogP contribution in [0, 0.1) is 5.92 Å². The maximum absolute atomic E-state index is 9.84. The number of nitrogens with one attached hydrogen (secondary N) is 1. The van der Waals surface area contributed by atoms with E-state index in [-0.39, 0.29) is 5.54 Å². The molecule has 0 spiro atoms. The second-order valence-electron chi connectivity index (χ2n) is 6.31. The third-order valence-electron chi connectivity index (χ3n) is 4.32. The molecule has 1 fully saturated rings. The molecule has 1 aliphatic carbocycles. The summed E-state index contributed by atoms with van der Waals surface area (Å²) in [7, 11) is 0. The average molecular weight is 288 g/mol. The van der Waals surface area contributed by atoms with Gasteiger partial charge in [-0.25, -0.2) is 0 Å². The van der Waals surface area contributed by atoms with E-state index < -0.39 is 0 Å². The van der Waals surface area contributed by atoms with Crippen LogP contribution in [-0.4, -0.2) is 34.8 Å². The second kappa shape index (κ2) is 9.25.